The van der Waals surface area contributed by atoms with Crippen molar-refractivity contribution in [2.45, 2.75) is 23.1 Å². The number of benzene rings is 2. The normalized spacial score (nSPS) is 12.6. The van der Waals surface area contributed by atoms with Gasteiger partial charge < -0.3 is 10.8 Å². The van der Waals surface area contributed by atoms with E-state index >= 15 is 0 Å². The summed E-state index contributed by atoms with van der Waals surface area (Å²) in [5.74, 6) is -0.376. The van der Waals surface area contributed by atoms with Gasteiger partial charge in [-0.3, -0.25) is 18.9 Å². The van der Waals surface area contributed by atoms with Gasteiger partial charge in [-0.2, -0.15) is 16.8 Å². The summed E-state index contributed by atoms with van der Waals surface area (Å²) in [6.07, 6.45) is 0.224. The molecule has 170 valence electrons. The zero-order chi connectivity index (χ0) is 23.8. The summed E-state index contributed by atoms with van der Waals surface area (Å²) in [7, 11) is -9.64. The lowest BCUT2D eigenvalue weighted by atomic mass is 10.1. The number of nitrogens with one attached hydrogen (secondary N) is 1. The van der Waals surface area contributed by atoms with E-state index in [1.165, 1.54) is 25.1 Å². The average molecular weight is 482 g/mol. The quantitative estimate of drug-likeness (QED) is 0.256. The monoisotopic (exact) mass is 482 g/mol. The minimum Gasteiger partial charge on any atom is -0.494 e. The van der Waals surface area contributed by atoms with Crippen LogP contribution in [0.2, 0.25) is 0 Å². The lowest BCUT2D eigenvalue weighted by Gasteiger charge is -2.10. The van der Waals surface area contributed by atoms with Crippen LogP contribution in [0.1, 0.15) is 11.1 Å². The predicted octanol–water partition coefficient (Wildman–Crippen LogP) is 1.95. The van der Waals surface area contributed by atoms with Crippen molar-refractivity contribution in [3.05, 3.63) is 51.8 Å². The van der Waals surface area contributed by atoms with Crippen molar-refractivity contribution in [2.75, 3.05) is 6.54 Å². The largest absolute Gasteiger partial charge is 0.494 e. The number of nitrogens with zero attached hydrogens (tertiary/aromatic N) is 2. The lowest BCUT2D eigenvalue weighted by Crippen LogP contribution is -2.12. The summed E-state index contributed by atoms with van der Waals surface area (Å²) >= 11 is 0. The first-order valence-electron chi connectivity index (χ1n) is 8.93. The third kappa shape index (κ3) is 4.39. The molecule has 6 N–H and O–H groups in total. The molecule has 0 saturated heterocycles. The molecule has 0 radical (unpaired) electrons. The molecule has 0 unspecified atom stereocenters. The second kappa shape index (κ2) is 8.40. The van der Waals surface area contributed by atoms with E-state index in [0.717, 1.165) is 12.1 Å². The molecule has 32 heavy (non-hydrogen) atoms. The molecule has 0 bridgehead atoms. The number of hydrogen-bond donors (Lipinski definition) is 5. The van der Waals surface area contributed by atoms with E-state index in [2.05, 4.69) is 15.2 Å². The van der Waals surface area contributed by atoms with Gasteiger partial charge in [0.15, 0.2) is 11.6 Å². The van der Waals surface area contributed by atoms with Crippen molar-refractivity contribution in [1.29, 1.82) is 0 Å². The fourth-order valence-electron chi connectivity index (χ4n) is 3.27. The van der Waals surface area contributed by atoms with Crippen LogP contribution in [-0.4, -0.2) is 42.6 Å². The third-order valence-corrected chi connectivity index (χ3v) is 6.54. The SMILES string of the molecule is Cc1c(CCN)c(O)[nH]c(=O)c1N=Nc1ccc2c(S(=O)(=O)O)cccc2c1S(=O)(=O)O. The van der Waals surface area contributed by atoms with E-state index in [0.29, 0.717) is 5.56 Å². The number of nitrogens with two attached hydrogens (primary N) is 1. The van der Waals surface area contributed by atoms with Crippen molar-refractivity contribution in [1.82, 2.24) is 4.98 Å². The molecule has 0 fully saturated rings. The molecule has 1 heterocycles. The molecule has 3 rings (SSSR count). The summed E-state index contributed by atoms with van der Waals surface area (Å²) in [6.45, 7) is 1.67. The van der Waals surface area contributed by atoms with Gasteiger partial charge >= 0.3 is 0 Å². The molecule has 0 saturated carbocycles. The Morgan fingerprint density at radius 1 is 1.00 bits per heavy atom. The van der Waals surface area contributed by atoms with Crippen LogP contribution in [0.25, 0.3) is 10.8 Å². The summed E-state index contributed by atoms with van der Waals surface area (Å²) < 4.78 is 66.6. The number of azo groups is 1. The minimum atomic E-state index is -4.94. The van der Waals surface area contributed by atoms with E-state index in [1.54, 1.807) is 0 Å². The predicted molar refractivity (Wildman–Crippen MR) is 114 cm³/mol. The molecule has 0 aliphatic rings. The Kier molecular flexibility index (Phi) is 6.17. The maximum atomic E-state index is 12.2. The van der Waals surface area contributed by atoms with Crippen molar-refractivity contribution >= 4 is 42.4 Å². The molecule has 1 aromatic heterocycles. The Morgan fingerprint density at radius 3 is 2.28 bits per heavy atom. The van der Waals surface area contributed by atoms with Crippen molar-refractivity contribution in [3.8, 4) is 5.88 Å². The van der Waals surface area contributed by atoms with E-state index in [-0.39, 0.29) is 46.6 Å². The highest BCUT2D eigenvalue weighted by Crippen LogP contribution is 2.36. The van der Waals surface area contributed by atoms with Gasteiger partial charge in [-0.15, -0.1) is 10.2 Å². The molecule has 0 atom stereocenters. The van der Waals surface area contributed by atoms with Crippen LogP contribution < -0.4 is 11.3 Å². The van der Waals surface area contributed by atoms with Crippen LogP contribution in [-0.2, 0) is 26.7 Å². The molecule has 0 spiro atoms. The smallest absolute Gasteiger partial charge is 0.297 e. The standard InChI is InChI=1S/C18H18N4O8S2/c1-9-10(7-8-19)17(23)20-18(24)15(9)22-21-13-6-5-11-12(16(13)32(28,29)30)3-2-4-14(11)31(25,26)27/h2-6H,7-8,19H2,1H3,(H2,20,23,24)(H,25,26,27)(H,28,29,30). The number of hydrogen-bond acceptors (Lipinski definition) is 9. The summed E-state index contributed by atoms with van der Waals surface area (Å²) in [5.41, 5.74) is 4.69. The van der Waals surface area contributed by atoms with Gasteiger partial charge in [0, 0.05) is 16.3 Å². The Hall–Kier alpha value is -3.17. The van der Waals surface area contributed by atoms with Crippen molar-refractivity contribution in [2.24, 2.45) is 16.0 Å². The Morgan fingerprint density at radius 2 is 1.69 bits per heavy atom. The van der Waals surface area contributed by atoms with Gasteiger partial charge in [0.2, 0.25) is 0 Å². The molecular weight excluding hydrogens is 464 g/mol. The molecule has 3 aromatic rings. The van der Waals surface area contributed by atoms with Crippen LogP contribution in [0.4, 0.5) is 11.4 Å². The van der Waals surface area contributed by atoms with E-state index in [4.69, 9.17) is 5.73 Å². The number of rotatable bonds is 6. The fraction of sp³-hybridized carbons (Fsp3) is 0.167. The molecular formula is C18H18N4O8S2. The van der Waals surface area contributed by atoms with Crippen LogP contribution in [0.15, 0.2) is 55.1 Å². The Labute approximate surface area is 181 Å². The molecule has 12 nitrogen and oxygen atoms in total. The number of aromatic nitrogens is 1. The van der Waals surface area contributed by atoms with Gasteiger partial charge in [-0.25, -0.2) is 0 Å². The second-order valence-electron chi connectivity index (χ2n) is 6.71. The van der Waals surface area contributed by atoms with Gasteiger partial charge in [0.1, 0.15) is 15.5 Å². The molecule has 0 aliphatic carbocycles. The summed E-state index contributed by atoms with van der Waals surface area (Å²) in [4.78, 5) is 13.1. The maximum Gasteiger partial charge on any atom is 0.297 e. The summed E-state index contributed by atoms with van der Waals surface area (Å²) in [6, 6.07) is 5.69. The highest BCUT2D eigenvalue weighted by Gasteiger charge is 2.24. The van der Waals surface area contributed by atoms with Gasteiger partial charge in [0.05, 0.1) is 0 Å². The molecule has 2 aromatic carbocycles. The molecule has 0 amide bonds. The fourth-order valence-corrected chi connectivity index (χ4v) is 4.81. The average Bonchev–Trinajstić information content (AvgIpc) is 2.68. The highest BCUT2D eigenvalue weighted by atomic mass is 32.2. The first kappa shape index (κ1) is 23.5. The first-order valence-corrected chi connectivity index (χ1v) is 11.8. The summed E-state index contributed by atoms with van der Waals surface area (Å²) in [5, 5.41) is 17.1. The Bertz CT molecular complexity index is 1530. The van der Waals surface area contributed by atoms with Crippen molar-refractivity contribution in [3.63, 3.8) is 0 Å². The molecule has 14 heteroatoms. The topological polar surface area (TPSA) is 213 Å². The number of H-pyrrole nitrogens is 1. The number of aromatic amines is 1. The van der Waals surface area contributed by atoms with Gasteiger partial charge in [-0.1, -0.05) is 18.2 Å². The third-order valence-electron chi connectivity index (χ3n) is 4.68. The van der Waals surface area contributed by atoms with Crippen LogP contribution in [0.5, 0.6) is 5.88 Å². The zero-order valence-electron chi connectivity index (χ0n) is 16.5. The van der Waals surface area contributed by atoms with E-state index < -0.39 is 35.6 Å². The second-order valence-corrected chi connectivity index (χ2v) is 9.46. The van der Waals surface area contributed by atoms with E-state index in [9.17, 15) is 35.8 Å². The van der Waals surface area contributed by atoms with Gasteiger partial charge in [-0.05, 0) is 37.6 Å². The van der Waals surface area contributed by atoms with Crippen molar-refractivity contribution < 1.29 is 31.0 Å². The maximum absolute atomic E-state index is 12.2. The first-order chi connectivity index (χ1) is 14.9. The number of fused-ring (bicyclic) bond motifs is 1. The lowest BCUT2D eigenvalue weighted by molar-refractivity contribution is 0.443. The number of aromatic hydroxyl groups is 1. The zero-order valence-corrected chi connectivity index (χ0v) is 18.1. The van der Waals surface area contributed by atoms with Crippen LogP contribution in [0.3, 0.4) is 0 Å². The number of pyridine rings is 1. The van der Waals surface area contributed by atoms with Gasteiger partial charge in [0.25, 0.3) is 25.8 Å². The van der Waals surface area contributed by atoms with Crippen LogP contribution >= 0.6 is 0 Å². The Balaban J connectivity index is 2.29. The van der Waals surface area contributed by atoms with Crippen LogP contribution in [0, 0.1) is 6.92 Å². The molecule has 0 aliphatic heterocycles. The highest BCUT2D eigenvalue weighted by molar-refractivity contribution is 7.86. The van der Waals surface area contributed by atoms with E-state index in [1.807, 2.05) is 0 Å². The minimum absolute atomic E-state index is 0.171.